The first-order chi connectivity index (χ1) is 11.0. The summed E-state index contributed by atoms with van der Waals surface area (Å²) in [4.78, 5) is 24.5. The summed E-state index contributed by atoms with van der Waals surface area (Å²) in [5.74, 6) is -0.604. The minimum atomic E-state index is -0.463. The Kier molecular flexibility index (Phi) is 3.84. The molecule has 0 unspecified atom stereocenters. The largest absolute Gasteiger partial charge is 0.334 e. The number of aromatic nitrogens is 4. The Bertz CT molecular complexity index is 857. The van der Waals surface area contributed by atoms with Crippen LogP contribution in [0.4, 0.5) is 10.2 Å². The van der Waals surface area contributed by atoms with Gasteiger partial charge in [-0.25, -0.2) is 19.3 Å². The number of pyridine rings is 2. The molecule has 3 aromatic rings. The number of nitrogens with zero attached hydrogens (tertiary/aromatic N) is 4. The molecule has 7 heteroatoms. The van der Waals surface area contributed by atoms with Gasteiger partial charge in [0.25, 0.3) is 5.91 Å². The number of hydrogen-bond acceptors (Lipinski definition) is 4. The molecule has 0 fully saturated rings. The van der Waals surface area contributed by atoms with Crippen molar-refractivity contribution in [2.75, 3.05) is 5.32 Å². The molecular formula is C16H14FN5O. The van der Waals surface area contributed by atoms with Gasteiger partial charge in [-0.15, -0.1) is 0 Å². The van der Waals surface area contributed by atoms with Gasteiger partial charge in [-0.05, 0) is 31.2 Å². The highest BCUT2D eigenvalue weighted by Gasteiger charge is 2.13. The summed E-state index contributed by atoms with van der Waals surface area (Å²) in [6.45, 7) is 1.81. The molecule has 23 heavy (non-hydrogen) atoms. The van der Waals surface area contributed by atoms with E-state index in [1.165, 1.54) is 12.1 Å². The molecule has 0 radical (unpaired) electrons. The number of anilines is 1. The molecule has 0 atom stereocenters. The fourth-order valence-electron chi connectivity index (χ4n) is 2.20. The van der Waals surface area contributed by atoms with Crippen LogP contribution in [0.15, 0.2) is 43.0 Å². The van der Waals surface area contributed by atoms with Gasteiger partial charge >= 0.3 is 0 Å². The molecule has 0 aliphatic rings. The number of hydrogen-bond donors (Lipinski definition) is 1. The molecule has 0 saturated heterocycles. The van der Waals surface area contributed by atoms with Crippen molar-refractivity contribution in [2.24, 2.45) is 7.05 Å². The van der Waals surface area contributed by atoms with E-state index in [9.17, 15) is 9.18 Å². The van der Waals surface area contributed by atoms with Crippen molar-refractivity contribution < 1.29 is 9.18 Å². The van der Waals surface area contributed by atoms with Gasteiger partial charge in [0, 0.05) is 18.3 Å². The van der Waals surface area contributed by atoms with Crippen LogP contribution < -0.4 is 5.32 Å². The van der Waals surface area contributed by atoms with Crippen molar-refractivity contribution in [3.8, 4) is 11.3 Å². The van der Waals surface area contributed by atoms with Gasteiger partial charge in [0.2, 0.25) is 0 Å². The van der Waals surface area contributed by atoms with E-state index in [-0.39, 0.29) is 11.5 Å². The van der Waals surface area contributed by atoms with Crippen LogP contribution in [0.3, 0.4) is 0 Å². The summed E-state index contributed by atoms with van der Waals surface area (Å²) >= 11 is 0. The minimum Gasteiger partial charge on any atom is -0.334 e. The lowest BCUT2D eigenvalue weighted by Crippen LogP contribution is -2.15. The Labute approximate surface area is 132 Å². The summed E-state index contributed by atoms with van der Waals surface area (Å²) in [5, 5.41) is 2.60. The molecule has 0 aliphatic carbocycles. The maximum Gasteiger partial charge on any atom is 0.275 e. The number of halogens is 1. The molecule has 0 aromatic carbocycles. The maximum absolute atomic E-state index is 12.9. The molecule has 3 aromatic heterocycles. The first kappa shape index (κ1) is 14.8. The van der Waals surface area contributed by atoms with E-state index in [2.05, 4.69) is 20.3 Å². The second-order valence-electron chi connectivity index (χ2n) is 5.09. The van der Waals surface area contributed by atoms with E-state index in [1.807, 2.05) is 24.6 Å². The third kappa shape index (κ3) is 3.23. The zero-order valence-electron chi connectivity index (χ0n) is 12.6. The molecule has 3 rings (SSSR count). The molecule has 6 nitrogen and oxygen atoms in total. The molecule has 0 spiro atoms. The fourth-order valence-corrected chi connectivity index (χ4v) is 2.20. The lowest BCUT2D eigenvalue weighted by molar-refractivity contribution is 0.102. The number of nitrogens with one attached hydrogen (secondary N) is 1. The average Bonchev–Trinajstić information content (AvgIpc) is 2.95. The van der Waals surface area contributed by atoms with E-state index < -0.39 is 11.7 Å². The van der Waals surface area contributed by atoms with Gasteiger partial charge in [-0.3, -0.25) is 4.79 Å². The van der Waals surface area contributed by atoms with E-state index in [0.717, 1.165) is 17.5 Å². The van der Waals surface area contributed by atoms with Gasteiger partial charge in [-0.2, -0.15) is 0 Å². The fraction of sp³-hybridized carbons (Fsp3) is 0.125. The van der Waals surface area contributed by atoms with Crippen LogP contribution in [0.25, 0.3) is 11.3 Å². The third-order valence-electron chi connectivity index (χ3n) is 3.27. The lowest BCUT2D eigenvalue weighted by Gasteiger charge is -2.08. The zero-order valence-corrected chi connectivity index (χ0v) is 12.6. The Morgan fingerprint density at radius 1 is 1.26 bits per heavy atom. The van der Waals surface area contributed by atoms with Crippen LogP contribution in [0.1, 0.15) is 16.2 Å². The molecule has 116 valence electrons. The van der Waals surface area contributed by atoms with Crippen LogP contribution in [0.2, 0.25) is 0 Å². The molecule has 0 aliphatic heterocycles. The minimum absolute atomic E-state index is 0.257. The monoisotopic (exact) mass is 311 g/mol. The number of amides is 1. The van der Waals surface area contributed by atoms with Gasteiger partial charge in [0.15, 0.2) is 0 Å². The summed E-state index contributed by atoms with van der Waals surface area (Å²) in [6.07, 6.45) is 4.45. The predicted octanol–water partition coefficient (Wildman–Crippen LogP) is 2.58. The van der Waals surface area contributed by atoms with Crippen molar-refractivity contribution in [1.29, 1.82) is 0 Å². The van der Waals surface area contributed by atoms with Crippen molar-refractivity contribution in [2.45, 2.75) is 6.92 Å². The van der Waals surface area contributed by atoms with Crippen LogP contribution in [0.5, 0.6) is 0 Å². The second-order valence-corrected chi connectivity index (χ2v) is 5.09. The first-order valence-corrected chi connectivity index (χ1v) is 6.91. The number of rotatable bonds is 3. The average molecular weight is 311 g/mol. The van der Waals surface area contributed by atoms with E-state index in [0.29, 0.717) is 5.69 Å². The molecule has 1 N–H and O–H groups in total. The summed E-state index contributed by atoms with van der Waals surface area (Å²) in [6, 6.07) is 6.19. The highest BCUT2D eigenvalue weighted by molar-refractivity contribution is 6.03. The van der Waals surface area contributed by atoms with Crippen LogP contribution in [-0.2, 0) is 7.05 Å². The molecule has 0 bridgehead atoms. The van der Waals surface area contributed by atoms with Gasteiger partial charge in [-0.1, -0.05) is 0 Å². The summed E-state index contributed by atoms with van der Waals surface area (Å²) in [5.41, 5.74) is 2.69. The van der Waals surface area contributed by atoms with Crippen molar-refractivity contribution >= 4 is 11.7 Å². The normalized spacial score (nSPS) is 10.6. The van der Waals surface area contributed by atoms with Crippen LogP contribution in [0, 0.1) is 12.7 Å². The quantitative estimate of drug-likeness (QED) is 0.807. The third-order valence-corrected chi connectivity index (χ3v) is 3.27. The van der Waals surface area contributed by atoms with Crippen molar-refractivity contribution in [3.05, 3.63) is 60.2 Å². The Morgan fingerprint density at radius 2 is 2.09 bits per heavy atom. The van der Waals surface area contributed by atoms with E-state index in [1.54, 1.807) is 18.6 Å². The molecule has 3 heterocycles. The number of imidazole rings is 1. The van der Waals surface area contributed by atoms with E-state index in [4.69, 9.17) is 0 Å². The number of aryl methyl sites for hydroxylation is 2. The maximum atomic E-state index is 12.9. The van der Waals surface area contributed by atoms with Gasteiger partial charge < -0.3 is 9.88 Å². The molecular weight excluding hydrogens is 297 g/mol. The molecule has 0 saturated carbocycles. The topological polar surface area (TPSA) is 72.7 Å². The highest BCUT2D eigenvalue weighted by Crippen LogP contribution is 2.20. The van der Waals surface area contributed by atoms with Gasteiger partial charge in [0.05, 0.1) is 24.4 Å². The summed E-state index contributed by atoms with van der Waals surface area (Å²) < 4.78 is 14.7. The van der Waals surface area contributed by atoms with Crippen molar-refractivity contribution in [3.63, 3.8) is 0 Å². The number of carbonyl (C=O) groups excluding carboxylic acids is 1. The van der Waals surface area contributed by atoms with E-state index >= 15 is 0 Å². The first-order valence-electron chi connectivity index (χ1n) is 6.91. The molecule has 1 amide bonds. The number of carbonyl (C=O) groups is 1. The SMILES string of the molecule is Cc1cc(-c2cncn2C)cc(C(=O)Nc2ccc(F)cn2)n1. The van der Waals surface area contributed by atoms with Crippen LogP contribution >= 0.6 is 0 Å². The summed E-state index contributed by atoms with van der Waals surface area (Å²) in [7, 11) is 1.88. The Hall–Kier alpha value is -3.09. The Balaban J connectivity index is 1.90. The van der Waals surface area contributed by atoms with Crippen LogP contribution in [-0.4, -0.2) is 25.4 Å². The van der Waals surface area contributed by atoms with Crippen molar-refractivity contribution in [1.82, 2.24) is 19.5 Å². The Morgan fingerprint density at radius 3 is 2.74 bits per heavy atom. The second kappa shape index (κ2) is 5.96. The zero-order chi connectivity index (χ0) is 16.4. The predicted molar refractivity (Wildman–Crippen MR) is 83.3 cm³/mol. The highest BCUT2D eigenvalue weighted by atomic mass is 19.1. The lowest BCUT2D eigenvalue weighted by atomic mass is 10.1. The standard InChI is InChI=1S/C16H14FN5O/c1-10-5-11(14-8-18-9-22(14)2)6-13(20-10)16(23)21-15-4-3-12(17)7-19-15/h3-9H,1-2H3,(H,19,21,23). The smallest absolute Gasteiger partial charge is 0.275 e. The van der Waals surface area contributed by atoms with Gasteiger partial charge in [0.1, 0.15) is 17.3 Å².